The number of rotatable bonds is 1. The Morgan fingerprint density at radius 1 is 1.33 bits per heavy atom. The molecule has 0 amide bonds. The van der Waals surface area contributed by atoms with Crippen LogP contribution in [0.4, 0.5) is 4.39 Å². The number of nitrogens with two attached hydrogens (primary N) is 1. The van der Waals surface area contributed by atoms with Gasteiger partial charge in [0.15, 0.2) is 0 Å². The van der Waals surface area contributed by atoms with Gasteiger partial charge in [-0.25, -0.2) is 4.39 Å². The lowest BCUT2D eigenvalue weighted by Gasteiger charge is -1.94. The standard InChI is InChI=1S/C7H7FN/c8-7-4-2-1-3-6(7)5-9/h1-5H,9H2. The Hall–Kier alpha value is -0.890. The van der Waals surface area contributed by atoms with Crippen LogP contribution in [0.1, 0.15) is 5.56 Å². The molecule has 0 saturated heterocycles. The number of hydrogen-bond donors (Lipinski definition) is 1. The lowest BCUT2D eigenvalue weighted by Crippen LogP contribution is -1.94. The summed E-state index contributed by atoms with van der Waals surface area (Å²) in [7, 11) is 0. The van der Waals surface area contributed by atoms with Gasteiger partial charge in [0, 0.05) is 5.56 Å². The molecule has 0 saturated carbocycles. The minimum absolute atomic E-state index is 0.278. The van der Waals surface area contributed by atoms with Gasteiger partial charge in [0.1, 0.15) is 5.82 Å². The highest BCUT2D eigenvalue weighted by atomic mass is 19.1. The van der Waals surface area contributed by atoms with Gasteiger partial charge in [0.05, 0.1) is 6.54 Å². The number of hydrogen-bond acceptors (Lipinski definition) is 1. The van der Waals surface area contributed by atoms with Crippen LogP contribution < -0.4 is 5.73 Å². The van der Waals surface area contributed by atoms with Gasteiger partial charge in [-0.05, 0) is 6.07 Å². The molecule has 1 radical (unpaired) electrons. The summed E-state index contributed by atoms with van der Waals surface area (Å²) in [5, 5.41) is 0. The van der Waals surface area contributed by atoms with E-state index in [1.165, 1.54) is 12.6 Å². The molecule has 0 aliphatic carbocycles. The van der Waals surface area contributed by atoms with Crippen molar-refractivity contribution in [2.45, 2.75) is 0 Å². The zero-order valence-electron chi connectivity index (χ0n) is 4.84. The second kappa shape index (κ2) is 2.60. The second-order valence-electron chi connectivity index (χ2n) is 1.69. The second-order valence-corrected chi connectivity index (χ2v) is 1.69. The molecule has 47 valence electrons. The lowest BCUT2D eigenvalue weighted by atomic mass is 10.2. The molecular formula is C7H7FN. The molecule has 1 aromatic carbocycles. The molecule has 0 aromatic heterocycles. The van der Waals surface area contributed by atoms with Crippen molar-refractivity contribution < 1.29 is 4.39 Å². The highest BCUT2D eigenvalue weighted by Crippen LogP contribution is 2.04. The smallest absolute Gasteiger partial charge is 0.128 e. The first kappa shape index (κ1) is 6.23. The molecule has 0 heterocycles. The van der Waals surface area contributed by atoms with Gasteiger partial charge in [-0.3, -0.25) is 0 Å². The zero-order valence-corrected chi connectivity index (χ0v) is 4.84. The van der Waals surface area contributed by atoms with Gasteiger partial charge in [0.25, 0.3) is 0 Å². The molecule has 2 N–H and O–H groups in total. The lowest BCUT2D eigenvalue weighted by molar-refractivity contribution is 0.620. The van der Waals surface area contributed by atoms with Gasteiger partial charge in [-0.1, -0.05) is 18.2 Å². The summed E-state index contributed by atoms with van der Waals surface area (Å²) < 4.78 is 12.5. The third kappa shape index (κ3) is 1.27. The third-order valence-electron chi connectivity index (χ3n) is 1.08. The van der Waals surface area contributed by atoms with Gasteiger partial charge < -0.3 is 5.73 Å². The first-order valence-corrected chi connectivity index (χ1v) is 2.64. The van der Waals surface area contributed by atoms with Crippen LogP contribution in [0, 0.1) is 12.4 Å². The van der Waals surface area contributed by atoms with Crippen LogP contribution in [0.3, 0.4) is 0 Å². The van der Waals surface area contributed by atoms with Crippen molar-refractivity contribution in [3.8, 4) is 0 Å². The van der Waals surface area contributed by atoms with Crippen LogP contribution in [0.15, 0.2) is 24.3 Å². The van der Waals surface area contributed by atoms with Crippen molar-refractivity contribution in [2.24, 2.45) is 5.73 Å². The van der Waals surface area contributed by atoms with Crippen LogP contribution in [-0.2, 0) is 0 Å². The topological polar surface area (TPSA) is 26.0 Å². The van der Waals surface area contributed by atoms with E-state index in [0.29, 0.717) is 5.56 Å². The maximum absolute atomic E-state index is 12.5. The first-order valence-electron chi connectivity index (χ1n) is 2.64. The van der Waals surface area contributed by atoms with Gasteiger partial charge in [-0.2, -0.15) is 0 Å². The van der Waals surface area contributed by atoms with E-state index < -0.39 is 0 Å². The van der Waals surface area contributed by atoms with Crippen LogP contribution in [-0.4, -0.2) is 0 Å². The molecule has 9 heavy (non-hydrogen) atoms. The van der Waals surface area contributed by atoms with Crippen LogP contribution in [0.2, 0.25) is 0 Å². The molecule has 0 atom stereocenters. The summed E-state index contributed by atoms with van der Waals surface area (Å²) >= 11 is 0. The molecule has 0 unspecified atom stereocenters. The van der Waals surface area contributed by atoms with Crippen molar-refractivity contribution in [1.29, 1.82) is 0 Å². The van der Waals surface area contributed by atoms with Crippen molar-refractivity contribution >= 4 is 0 Å². The Labute approximate surface area is 53.3 Å². The SMILES string of the molecule is N[CH]c1ccccc1F. The van der Waals surface area contributed by atoms with E-state index in [2.05, 4.69) is 0 Å². The molecule has 2 heteroatoms. The predicted octanol–water partition coefficient (Wildman–Crippen LogP) is 1.29. The number of halogens is 1. The normalized spacial score (nSPS) is 9.56. The Kier molecular flexibility index (Phi) is 1.80. The summed E-state index contributed by atoms with van der Waals surface area (Å²) in [6.45, 7) is 1.25. The maximum atomic E-state index is 12.5. The molecule has 0 bridgehead atoms. The van der Waals surface area contributed by atoms with E-state index >= 15 is 0 Å². The molecule has 1 rings (SSSR count). The van der Waals surface area contributed by atoms with Crippen molar-refractivity contribution in [3.05, 3.63) is 42.2 Å². The summed E-state index contributed by atoms with van der Waals surface area (Å²) in [4.78, 5) is 0. The molecule has 0 fully saturated rings. The van der Waals surface area contributed by atoms with E-state index in [4.69, 9.17) is 5.73 Å². The fraction of sp³-hybridized carbons (Fsp3) is 0. The average Bonchev–Trinajstić information content (AvgIpc) is 1.89. The van der Waals surface area contributed by atoms with Crippen LogP contribution >= 0.6 is 0 Å². The van der Waals surface area contributed by atoms with Crippen molar-refractivity contribution in [1.82, 2.24) is 0 Å². The minimum atomic E-state index is -0.278. The summed E-state index contributed by atoms with van der Waals surface area (Å²) in [5.74, 6) is -0.278. The number of benzene rings is 1. The van der Waals surface area contributed by atoms with Crippen molar-refractivity contribution in [2.75, 3.05) is 0 Å². The van der Waals surface area contributed by atoms with E-state index in [9.17, 15) is 4.39 Å². The highest BCUT2D eigenvalue weighted by molar-refractivity contribution is 5.22. The summed E-state index contributed by atoms with van der Waals surface area (Å²) in [6.07, 6.45) is 0. The molecular weight excluding hydrogens is 117 g/mol. The molecule has 1 nitrogen and oxygen atoms in total. The van der Waals surface area contributed by atoms with Gasteiger partial charge >= 0.3 is 0 Å². The van der Waals surface area contributed by atoms with Crippen LogP contribution in [0.5, 0.6) is 0 Å². The molecule has 0 spiro atoms. The van der Waals surface area contributed by atoms with E-state index in [-0.39, 0.29) is 5.82 Å². The van der Waals surface area contributed by atoms with Crippen LogP contribution in [0.25, 0.3) is 0 Å². The Morgan fingerprint density at radius 2 is 2.00 bits per heavy atom. The third-order valence-corrected chi connectivity index (χ3v) is 1.08. The molecule has 1 aromatic rings. The largest absolute Gasteiger partial charge is 0.322 e. The maximum Gasteiger partial charge on any atom is 0.128 e. The fourth-order valence-corrected chi connectivity index (χ4v) is 0.610. The Morgan fingerprint density at radius 3 is 2.44 bits per heavy atom. The zero-order chi connectivity index (χ0) is 6.69. The Balaban J connectivity index is 3.01. The minimum Gasteiger partial charge on any atom is -0.322 e. The molecule has 0 aliphatic rings. The monoisotopic (exact) mass is 124 g/mol. The van der Waals surface area contributed by atoms with Gasteiger partial charge in [-0.15, -0.1) is 0 Å². The first-order chi connectivity index (χ1) is 4.34. The van der Waals surface area contributed by atoms with E-state index in [1.54, 1.807) is 18.2 Å². The quantitative estimate of drug-likeness (QED) is 0.599. The predicted molar refractivity (Wildman–Crippen MR) is 34.0 cm³/mol. The van der Waals surface area contributed by atoms with Gasteiger partial charge in [0.2, 0.25) is 0 Å². The van der Waals surface area contributed by atoms with E-state index in [1.807, 2.05) is 0 Å². The van der Waals surface area contributed by atoms with E-state index in [0.717, 1.165) is 0 Å². The van der Waals surface area contributed by atoms with Crippen molar-refractivity contribution in [3.63, 3.8) is 0 Å². The fourth-order valence-electron chi connectivity index (χ4n) is 0.610. The summed E-state index contributed by atoms with van der Waals surface area (Å²) in [5.41, 5.74) is 5.53. The summed E-state index contributed by atoms with van der Waals surface area (Å²) in [6, 6.07) is 6.36. The molecule has 0 aliphatic heterocycles. The average molecular weight is 124 g/mol. The Bertz CT molecular complexity index is 198. The highest BCUT2D eigenvalue weighted by Gasteiger charge is 1.94.